The highest BCUT2D eigenvalue weighted by Crippen LogP contribution is 2.27. The second-order valence-corrected chi connectivity index (χ2v) is 7.97. The van der Waals surface area contributed by atoms with Crippen molar-refractivity contribution >= 4 is 35.0 Å². The molecule has 0 bridgehead atoms. The molecule has 0 aliphatic rings. The molecule has 0 unspecified atom stereocenters. The highest BCUT2D eigenvalue weighted by molar-refractivity contribution is 8.00. The number of hydrogen-bond donors (Lipinski definition) is 2. The van der Waals surface area contributed by atoms with E-state index in [4.69, 9.17) is 11.6 Å². The molecule has 0 spiro atoms. The van der Waals surface area contributed by atoms with Crippen LogP contribution in [-0.4, -0.2) is 21.1 Å². The van der Waals surface area contributed by atoms with Crippen LogP contribution in [0.1, 0.15) is 18.1 Å². The molecule has 0 saturated carbocycles. The van der Waals surface area contributed by atoms with Crippen molar-refractivity contribution in [2.45, 2.75) is 24.3 Å². The van der Waals surface area contributed by atoms with E-state index in [-0.39, 0.29) is 22.3 Å². The SMILES string of the molecule is Cc1c(Cl)cccc1NC(=O)[C@@H](C)Sc1nc(-c2ccccc2)c(C#N)c(=O)[nH]1. The molecule has 2 N–H and O–H groups in total. The number of nitrogens with zero attached hydrogens (tertiary/aromatic N) is 2. The smallest absolute Gasteiger partial charge is 0.270 e. The van der Waals surface area contributed by atoms with E-state index in [1.54, 1.807) is 49.4 Å². The average Bonchev–Trinajstić information content (AvgIpc) is 2.71. The Morgan fingerprint density at radius 1 is 1.24 bits per heavy atom. The van der Waals surface area contributed by atoms with Crippen LogP contribution in [-0.2, 0) is 4.79 Å². The lowest BCUT2D eigenvalue weighted by Gasteiger charge is -2.14. The molecular weight excluding hydrogens is 408 g/mol. The summed E-state index contributed by atoms with van der Waals surface area (Å²) in [5.41, 5.74) is 1.74. The number of carbonyl (C=O) groups excluding carboxylic acids is 1. The molecule has 3 rings (SSSR count). The number of aromatic nitrogens is 2. The molecule has 0 aliphatic heterocycles. The Kier molecular flexibility index (Phi) is 6.37. The Labute approximate surface area is 177 Å². The number of hydrogen-bond acceptors (Lipinski definition) is 5. The van der Waals surface area contributed by atoms with Crippen molar-refractivity contribution in [1.82, 2.24) is 9.97 Å². The Morgan fingerprint density at radius 2 is 1.97 bits per heavy atom. The zero-order chi connectivity index (χ0) is 21.0. The van der Waals surface area contributed by atoms with Gasteiger partial charge in [-0.3, -0.25) is 9.59 Å². The fraction of sp³-hybridized carbons (Fsp3) is 0.143. The van der Waals surface area contributed by atoms with Crippen LogP contribution in [0.15, 0.2) is 58.5 Å². The quantitative estimate of drug-likeness (QED) is 0.467. The van der Waals surface area contributed by atoms with Gasteiger partial charge in [0.05, 0.1) is 10.9 Å². The van der Waals surface area contributed by atoms with Gasteiger partial charge >= 0.3 is 0 Å². The van der Waals surface area contributed by atoms with Crippen molar-refractivity contribution in [3.63, 3.8) is 0 Å². The molecule has 1 amide bonds. The molecule has 2 aromatic carbocycles. The van der Waals surface area contributed by atoms with Gasteiger partial charge in [0, 0.05) is 16.3 Å². The maximum atomic E-state index is 12.6. The van der Waals surface area contributed by atoms with Crippen molar-refractivity contribution in [2.24, 2.45) is 0 Å². The summed E-state index contributed by atoms with van der Waals surface area (Å²) in [4.78, 5) is 31.9. The Hall–Kier alpha value is -3.08. The molecule has 6 nitrogen and oxygen atoms in total. The first-order valence-electron chi connectivity index (χ1n) is 8.73. The number of anilines is 1. The number of rotatable bonds is 5. The number of carbonyl (C=O) groups is 1. The monoisotopic (exact) mass is 424 g/mol. The number of thioether (sulfide) groups is 1. The van der Waals surface area contributed by atoms with Gasteiger partial charge in [0.15, 0.2) is 5.16 Å². The summed E-state index contributed by atoms with van der Waals surface area (Å²) in [5, 5.41) is 12.5. The van der Waals surface area contributed by atoms with Crippen LogP contribution in [0.2, 0.25) is 5.02 Å². The van der Waals surface area contributed by atoms with E-state index in [9.17, 15) is 14.9 Å². The summed E-state index contributed by atoms with van der Waals surface area (Å²) in [6, 6.07) is 16.2. The zero-order valence-corrected chi connectivity index (χ0v) is 17.3. The molecule has 1 aromatic heterocycles. The number of halogens is 1. The van der Waals surface area contributed by atoms with Crippen LogP contribution >= 0.6 is 23.4 Å². The predicted octanol–water partition coefficient (Wildman–Crippen LogP) is 4.39. The van der Waals surface area contributed by atoms with Crippen molar-refractivity contribution in [1.29, 1.82) is 5.26 Å². The third-order valence-corrected chi connectivity index (χ3v) is 5.63. The van der Waals surface area contributed by atoms with E-state index < -0.39 is 10.8 Å². The van der Waals surface area contributed by atoms with Gasteiger partial charge in [-0.2, -0.15) is 5.26 Å². The molecule has 1 atom stereocenters. The second-order valence-electron chi connectivity index (χ2n) is 6.23. The molecular formula is C21H17ClN4O2S. The zero-order valence-electron chi connectivity index (χ0n) is 15.7. The maximum Gasteiger partial charge on any atom is 0.270 e. The van der Waals surface area contributed by atoms with Crippen LogP contribution in [0, 0.1) is 18.3 Å². The van der Waals surface area contributed by atoms with E-state index >= 15 is 0 Å². The van der Waals surface area contributed by atoms with Crippen molar-refractivity contribution in [3.05, 3.63) is 75.0 Å². The van der Waals surface area contributed by atoms with Crippen LogP contribution in [0.4, 0.5) is 5.69 Å². The average molecular weight is 425 g/mol. The number of H-pyrrole nitrogens is 1. The van der Waals surface area contributed by atoms with Crippen LogP contribution in [0.25, 0.3) is 11.3 Å². The Balaban J connectivity index is 1.85. The normalized spacial score (nSPS) is 11.5. The first-order chi connectivity index (χ1) is 13.9. The van der Waals surface area contributed by atoms with Crippen molar-refractivity contribution in [2.75, 3.05) is 5.32 Å². The highest BCUT2D eigenvalue weighted by atomic mass is 35.5. The van der Waals surface area contributed by atoms with E-state index in [0.29, 0.717) is 16.3 Å². The number of aromatic amines is 1. The summed E-state index contributed by atoms with van der Waals surface area (Å²) < 4.78 is 0. The minimum atomic E-state index is -0.548. The Morgan fingerprint density at radius 3 is 2.66 bits per heavy atom. The van der Waals surface area contributed by atoms with Gasteiger partial charge in [0.1, 0.15) is 11.6 Å². The van der Waals surface area contributed by atoms with Gasteiger partial charge in [-0.1, -0.05) is 59.8 Å². The molecule has 29 heavy (non-hydrogen) atoms. The van der Waals surface area contributed by atoms with Crippen LogP contribution in [0.3, 0.4) is 0 Å². The third-order valence-electron chi connectivity index (χ3n) is 4.24. The lowest BCUT2D eigenvalue weighted by molar-refractivity contribution is -0.115. The van der Waals surface area contributed by atoms with Crippen LogP contribution in [0.5, 0.6) is 0 Å². The fourth-order valence-corrected chi connectivity index (χ4v) is 3.59. The fourth-order valence-electron chi connectivity index (χ4n) is 2.62. The Bertz CT molecular complexity index is 1160. The molecule has 146 valence electrons. The number of amides is 1. The standard InChI is InChI=1S/C21H17ClN4O2S/c1-12-16(22)9-6-10-17(12)24-19(27)13(2)29-21-25-18(14-7-4-3-5-8-14)15(11-23)20(28)26-21/h3-10,13H,1-2H3,(H,24,27)(H,25,26,28)/t13-/m1/s1. The first kappa shape index (κ1) is 20.6. The summed E-state index contributed by atoms with van der Waals surface area (Å²) in [7, 11) is 0. The van der Waals surface area contributed by atoms with Gasteiger partial charge in [-0.05, 0) is 31.5 Å². The number of benzene rings is 2. The summed E-state index contributed by atoms with van der Waals surface area (Å²) in [6.45, 7) is 3.53. The molecule has 0 saturated heterocycles. The van der Waals surface area contributed by atoms with E-state index in [2.05, 4.69) is 15.3 Å². The minimum Gasteiger partial charge on any atom is -0.325 e. The van der Waals surface area contributed by atoms with Crippen LogP contribution < -0.4 is 10.9 Å². The van der Waals surface area contributed by atoms with Gasteiger partial charge in [0.2, 0.25) is 5.91 Å². The molecule has 0 radical (unpaired) electrons. The van der Waals surface area contributed by atoms with E-state index in [1.165, 1.54) is 0 Å². The number of nitrogens with one attached hydrogen (secondary N) is 2. The molecule has 3 aromatic rings. The minimum absolute atomic E-state index is 0.0628. The van der Waals surface area contributed by atoms with Gasteiger partial charge in [-0.15, -0.1) is 0 Å². The summed E-state index contributed by atoms with van der Waals surface area (Å²) in [5.74, 6) is -0.256. The van der Waals surface area contributed by atoms with Gasteiger partial charge < -0.3 is 10.3 Å². The number of nitriles is 1. The summed E-state index contributed by atoms with van der Waals surface area (Å²) in [6.07, 6.45) is 0. The van der Waals surface area contributed by atoms with Gasteiger partial charge in [0.25, 0.3) is 5.56 Å². The largest absolute Gasteiger partial charge is 0.325 e. The topological polar surface area (TPSA) is 98.6 Å². The molecule has 0 fully saturated rings. The molecule has 0 aliphatic carbocycles. The summed E-state index contributed by atoms with van der Waals surface area (Å²) >= 11 is 7.20. The van der Waals surface area contributed by atoms with E-state index in [0.717, 1.165) is 17.3 Å². The van der Waals surface area contributed by atoms with Gasteiger partial charge in [-0.25, -0.2) is 4.98 Å². The molecule has 8 heteroatoms. The first-order valence-corrected chi connectivity index (χ1v) is 9.99. The maximum absolute atomic E-state index is 12.6. The second kappa shape index (κ2) is 8.95. The van der Waals surface area contributed by atoms with Crippen molar-refractivity contribution in [3.8, 4) is 17.3 Å². The predicted molar refractivity (Wildman–Crippen MR) is 115 cm³/mol. The van der Waals surface area contributed by atoms with Crippen molar-refractivity contribution < 1.29 is 4.79 Å². The third kappa shape index (κ3) is 4.67. The lowest BCUT2D eigenvalue weighted by atomic mass is 10.1. The highest BCUT2D eigenvalue weighted by Gasteiger charge is 2.20. The van der Waals surface area contributed by atoms with E-state index in [1.807, 2.05) is 19.1 Å². The lowest BCUT2D eigenvalue weighted by Crippen LogP contribution is -2.24. The molecule has 1 heterocycles.